The van der Waals surface area contributed by atoms with Gasteiger partial charge in [-0.1, -0.05) is 32.9 Å². The molecule has 0 amide bonds. The second kappa shape index (κ2) is 5.92. The van der Waals surface area contributed by atoms with Crippen molar-refractivity contribution >= 4 is 12.5 Å². The normalized spacial score (nSPS) is 12.4. The number of carbonyl (C=O) groups is 1. The topological polar surface area (TPSA) is 53.2 Å². The van der Waals surface area contributed by atoms with Crippen molar-refractivity contribution in [1.82, 2.24) is 0 Å². The minimum absolute atomic E-state index is 0.0952. The predicted octanol–water partition coefficient (Wildman–Crippen LogP) is 3.11. The van der Waals surface area contributed by atoms with Crippen LogP contribution in [0.5, 0.6) is 0 Å². The Balaban J connectivity index is 2.95. The van der Waals surface area contributed by atoms with Crippen LogP contribution in [0.15, 0.2) is 41.0 Å². The third-order valence-corrected chi connectivity index (χ3v) is 2.08. The van der Waals surface area contributed by atoms with Gasteiger partial charge in [-0.3, -0.25) is 9.79 Å². The lowest BCUT2D eigenvalue weighted by atomic mass is 9.95. The van der Waals surface area contributed by atoms with Crippen molar-refractivity contribution in [1.29, 1.82) is 5.26 Å². The molecule has 0 heterocycles. The van der Waals surface area contributed by atoms with Crippen LogP contribution >= 0.6 is 0 Å². The van der Waals surface area contributed by atoms with Crippen molar-refractivity contribution in [3.8, 4) is 6.07 Å². The molecule has 0 unspecified atom stereocenters. The van der Waals surface area contributed by atoms with Crippen LogP contribution in [0.3, 0.4) is 0 Å². The molecule has 92 valence electrons. The number of rotatable bonds is 3. The molecular weight excluding hydrogens is 224 g/mol. The average Bonchev–Trinajstić information content (AvgIpc) is 2.33. The van der Waals surface area contributed by atoms with E-state index in [9.17, 15) is 4.79 Å². The zero-order chi connectivity index (χ0) is 13.6. The summed E-state index contributed by atoms with van der Waals surface area (Å²) in [6.07, 6.45) is 4.13. The van der Waals surface area contributed by atoms with Crippen LogP contribution in [0.2, 0.25) is 0 Å². The van der Waals surface area contributed by atoms with Gasteiger partial charge in [0, 0.05) is 6.21 Å². The quantitative estimate of drug-likeness (QED) is 0.463. The number of benzene rings is 1. The highest BCUT2D eigenvalue weighted by molar-refractivity contribution is 5.85. The van der Waals surface area contributed by atoms with Crippen molar-refractivity contribution in [2.24, 2.45) is 10.4 Å². The maximum Gasteiger partial charge on any atom is 0.168 e. The van der Waals surface area contributed by atoms with Gasteiger partial charge in [0.25, 0.3) is 0 Å². The Bertz CT molecular complexity index is 528. The van der Waals surface area contributed by atoms with Crippen LogP contribution in [0.25, 0.3) is 0 Å². The minimum Gasteiger partial charge on any atom is -0.296 e. The molecule has 0 N–H and O–H groups in total. The van der Waals surface area contributed by atoms with Crippen molar-refractivity contribution < 1.29 is 4.79 Å². The molecule has 1 aromatic rings. The number of hydrogen-bond donors (Lipinski definition) is 0. The highest BCUT2D eigenvalue weighted by Crippen LogP contribution is 2.17. The molecule has 0 bridgehead atoms. The minimum atomic E-state index is -0.0952. The van der Waals surface area contributed by atoms with Crippen LogP contribution in [-0.4, -0.2) is 12.5 Å². The first-order valence-electron chi connectivity index (χ1n) is 5.67. The van der Waals surface area contributed by atoms with E-state index in [1.807, 2.05) is 32.9 Å². The fraction of sp³-hybridized carbons (Fsp3) is 0.267. The van der Waals surface area contributed by atoms with Crippen molar-refractivity contribution in [2.45, 2.75) is 20.8 Å². The Morgan fingerprint density at radius 1 is 1.39 bits per heavy atom. The number of aldehydes is 1. The van der Waals surface area contributed by atoms with Gasteiger partial charge in [0.1, 0.15) is 0 Å². The van der Waals surface area contributed by atoms with Gasteiger partial charge in [0.15, 0.2) is 6.29 Å². The first-order valence-corrected chi connectivity index (χ1v) is 5.67. The fourth-order valence-electron chi connectivity index (χ4n) is 1.38. The molecular formula is C15H16N2O. The summed E-state index contributed by atoms with van der Waals surface area (Å²) in [6.45, 7) is 6.01. The Hall–Kier alpha value is -2.21. The molecule has 0 saturated heterocycles. The highest BCUT2D eigenvalue weighted by Gasteiger charge is 2.07. The molecule has 0 radical (unpaired) electrons. The van der Waals surface area contributed by atoms with Crippen LogP contribution < -0.4 is 0 Å². The van der Waals surface area contributed by atoms with Crippen LogP contribution in [0, 0.1) is 16.7 Å². The van der Waals surface area contributed by atoms with Gasteiger partial charge in [0.05, 0.1) is 17.3 Å². The molecule has 0 aromatic heterocycles. The second-order valence-electron chi connectivity index (χ2n) is 5.05. The summed E-state index contributed by atoms with van der Waals surface area (Å²) < 4.78 is 0. The lowest BCUT2D eigenvalue weighted by molar-refractivity contribution is -0.105. The summed E-state index contributed by atoms with van der Waals surface area (Å²) in [6, 6.07) is 9.13. The molecule has 0 saturated carbocycles. The van der Waals surface area contributed by atoms with Crippen LogP contribution in [-0.2, 0) is 4.79 Å². The van der Waals surface area contributed by atoms with Gasteiger partial charge >= 0.3 is 0 Å². The standard InChI is InChI=1S/C15H16N2O/c1-15(2,3)8-14(11-18)17-10-13-6-4-5-12(7-13)9-16/h4-8,10-11H,1-3H3/b14-8-,17-10?. The van der Waals surface area contributed by atoms with Gasteiger partial charge in [-0.2, -0.15) is 5.26 Å². The molecule has 3 heteroatoms. The Morgan fingerprint density at radius 3 is 2.67 bits per heavy atom. The zero-order valence-electron chi connectivity index (χ0n) is 10.8. The monoisotopic (exact) mass is 240 g/mol. The number of aliphatic imine (C=N–C) groups is 1. The summed E-state index contributed by atoms with van der Waals surface area (Å²) in [5.41, 5.74) is 1.68. The van der Waals surface area contributed by atoms with Gasteiger partial charge in [0.2, 0.25) is 0 Å². The van der Waals surface area contributed by atoms with Crippen LogP contribution in [0.4, 0.5) is 0 Å². The van der Waals surface area contributed by atoms with E-state index in [4.69, 9.17) is 5.26 Å². The fourth-order valence-corrected chi connectivity index (χ4v) is 1.38. The van der Waals surface area contributed by atoms with E-state index in [2.05, 4.69) is 11.1 Å². The van der Waals surface area contributed by atoms with E-state index in [1.165, 1.54) is 0 Å². The molecule has 18 heavy (non-hydrogen) atoms. The lowest BCUT2D eigenvalue weighted by Crippen LogP contribution is -2.01. The number of allylic oxidation sites excluding steroid dienone is 2. The molecule has 3 nitrogen and oxygen atoms in total. The largest absolute Gasteiger partial charge is 0.296 e. The highest BCUT2D eigenvalue weighted by atomic mass is 16.1. The molecule has 0 fully saturated rings. The smallest absolute Gasteiger partial charge is 0.168 e. The average molecular weight is 240 g/mol. The number of nitriles is 1. The first kappa shape index (κ1) is 13.9. The maximum absolute atomic E-state index is 10.9. The van der Waals surface area contributed by atoms with Crippen molar-refractivity contribution in [3.63, 3.8) is 0 Å². The zero-order valence-corrected chi connectivity index (χ0v) is 10.8. The first-order chi connectivity index (χ1) is 8.44. The molecule has 0 aliphatic heterocycles. The van der Waals surface area contributed by atoms with Crippen molar-refractivity contribution in [3.05, 3.63) is 47.2 Å². The van der Waals surface area contributed by atoms with E-state index in [1.54, 1.807) is 24.4 Å². The van der Waals surface area contributed by atoms with Gasteiger partial charge in [-0.05, 0) is 29.2 Å². The summed E-state index contributed by atoms with van der Waals surface area (Å²) in [4.78, 5) is 15.0. The third kappa shape index (κ3) is 4.75. The molecule has 0 aliphatic rings. The number of hydrogen-bond acceptors (Lipinski definition) is 3. The molecule has 1 rings (SSSR count). The van der Waals surface area contributed by atoms with E-state index in [0.717, 1.165) is 11.8 Å². The van der Waals surface area contributed by atoms with E-state index >= 15 is 0 Å². The van der Waals surface area contributed by atoms with Gasteiger partial charge < -0.3 is 0 Å². The maximum atomic E-state index is 10.9. The van der Waals surface area contributed by atoms with E-state index in [-0.39, 0.29) is 5.41 Å². The molecule has 0 spiro atoms. The molecule has 0 atom stereocenters. The predicted molar refractivity (Wildman–Crippen MR) is 72.4 cm³/mol. The summed E-state index contributed by atoms with van der Waals surface area (Å²) in [7, 11) is 0. The third-order valence-electron chi connectivity index (χ3n) is 2.08. The van der Waals surface area contributed by atoms with Gasteiger partial charge in [-0.25, -0.2) is 0 Å². The van der Waals surface area contributed by atoms with E-state index < -0.39 is 0 Å². The number of carbonyl (C=O) groups excluding carboxylic acids is 1. The summed E-state index contributed by atoms with van der Waals surface area (Å²) in [5, 5.41) is 8.78. The molecule has 1 aromatic carbocycles. The lowest BCUT2D eigenvalue weighted by Gasteiger charge is -2.11. The summed E-state index contributed by atoms with van der Waals surface area (Å²) in [5.74, 6) is 0. The van der Waals surface area contributed by atoms with Crippen LogP contribution in [0.1, 0.15) is 31.9 Å². The Kier molecular flexibility index (Phi) is 4.56. The number of nitrogens with zero attached hydrogens (tertiary/aromatic N) is 2. The van der Waals surface area contributed by atoms with E-state index in [0.29, 0.717) is 11.3 Å². The van der Waals surface area contributed by atoms with Crippen molar-refractivity contribution in [2.75, 3.05) is 0 Å². The van der Waals surface area contributed by atoms with Gasteiger partial charge in [-0.15, -0.1) is 0 Å². The molecule has 0 aliphatic carbocycles. The summed E-state index contributed by atoms with van der Waals surface area (Å²) >= 11 is 0. The SMILES string of the molecule is CC(C)(C)/C=C(/C=O)N=Cc1cccc(C#N)c1. The second-order valence-corrected chi connectivity index (χ2v) is 5.05. The Morgan fingerprint density at radius 2 is 2.11 bits per heavy atom. The Labute approximate surface area is 107 Å².